The Balaban J connectivity index is 0.00000180. The lowest BCUT2D eigenvalue weighted by Gasteiger charge is -2.06. The van der Waals surface area contributed by atoms with Crippen LogP contribution in [-0.2, 0) is 0 Å². The van der Waals surface area contributed by atoms with E-state index in [2.05, 4.69) is 31.9 Å². The largest absolute Gasteiger partial charge is 0.412 e. The molecule has 0 saturated heterocycles. The molecule has 0 radical (unpaired) electrons. The second kappa shape index (κ2) is 8.67. The number of hydrogen-bond acceptors (Lipinski definition) is 1. The Hall–Kier alpha value is -0.560. The van der Waals surface area contributed by atoms with Gasteiger partial charge in [0.05, 0.1) is 4.47 Å². The van der Waals surface area contributed by atoms with E-state index in [4.69, 9.17) is 0 Å². The van der Waals surface area contributed by atoms with Crippen molar-refractivity contribution in [2.24, 2.45) is 0 Å². The number of benzene rings is 1. The van der Waals surface area contributed by atoms with E-state index in [1.54, 1.807) is 0 Å². The Kier molecular flexibility index (Phi) is 8.42. The van der Waals surface area contributed by atoms with Crippen molar-refractivity contribution in [3.05, 3.63) is 63.3 Å². The molecule has 0 aliphatic rings. The summed E-state index contributed by atoms with van der Waals surface area (Å²) in [5.74, 6) is 0.102. The van der Waals surface area contributed by atoms with E-state index >= 15 is 0 Å². The van der Waals surface area contributed by atoms with Gasteiger partial charge in [-0.2, -0.15) is 4.57 Å². The van der Waals surface area contributed by atoms with E-state index in [1.165, 1.54) is 0 Å². The average Bonchev–Trinajstić information content (AvgIpc) is 2.38. The van der Waals surface area contributed by atoms with Crippen molar-refractivity contribution in [1.29, 1.82) is 0 Å². The molecule has 2 N–H and O–H groups in total. The number of nitrogens with zero attached hydrogens (tertiary/aromatic N) is 1. The number of carbonyl (C=O) groups is 1. The number of hydrogen-bond donors (Lipinski definition) is 0. The van der Waals surface area contributed by atoms with Gasteiger partial charge in [-0.25, -0.2) is 0 Å². The summed E-state index contributed by atoms with van der Waals surface area (Å²) in [4.78, 5) is 12.3. The van der Waals surface area contributed by atoms with Crippen LogP contribution in [0.5, 0.6) is 0 Å². The van der Waals surface area contributed by atoms with Crippen molar-refractivity contribution < 1.29 is 14.8 Å². The Labute approximate surface area is 145 Å². The molecule has 1 aromatic carbocycles. The van der Waals surface area contributed by atoms with Crippen LogP contribution in [0.25, 0.3) is 0 Å². The molecular weight excluding hydrogens is 454 g/mol. The van der Waals surface area contributed by atoms with E-state index < -0.39 is 0 Å². The molecule has 1 unspecified atom stereocenters. The van der Waals surface area contributed by atoms with Gasteiger partial charge in [0.25, 0.3) is 0 Å². The van der Waals surface area contributed by atoms with Gasteiger partial charge < -0.3 is 5.48 Å². The first kappa shape index (κ1) is 19.4. The number of Topliss-reactive ketones (excluding diaryl/α,β-unsaturated/α-hetero) is 1. The summed E-state index contributed by atoms with van der Waals surface area (Å²) in [5.41, 5.74) is 0.721. The number of pyridine rings is 1. The van der Waals surface area contributed by atoms with Gasteiger partial charge in [0.15, 0.2) is 12.4 Å². The molecule has 0 fully saturated rings. The fraction of sp³-hybridized carbons (Fsp3) is 0.143. The molecule has 1 atom stereocenters. The first-order chi connectivity index (χ1) is 8.58. The van der Waals surface area contributed by atoms with Gasteiger partial charge in [-0.15, -0.1) is 17.0 Å². The van der Waals surface area contributed by atoms with Gasteiger partial charge in [-0.05, 0) is 34.1 Å². The third-order valence-corrected chi connectivity index (χ3v) is 3.74. The lowest BCUT2D eigenvalue weighted by molar-refractivity contribution is -0.705. The molecule has 0 amide bonds. The van der Waals surface area contributed by atoms with Crippen molar-refractivity contribution in [2.45, 2.75) is 13.0 Å². The highest BCUT2D eigenvalue weighted by Crippen LogP contribution is 2.14. The molecule has 0 bridgehead atoms. The van der Waals surface area contributed by atoms with Gasteiger partial charge in [0.2, 0.25) is 11.8 Å². The van der Waals surface area contributed by atoms with Crippen LogP contribution in [0, 0.1) is 0 Å². The van der Waals surface area contributed by atoms with E-state index in [-0.39, 0.29) is 34.3 Å². The molecule has 20 heavy (non-hydrogen) atoms. The van der Waals surface area contributed by atoms with Gasteiger partial charge in [-0.1, -0.05) is 28.1 Å². The van der Waals surface area contributed by atoms with Crippen molar-refractivity contribution in [2.75, 3.05) is 0 Å². The van der Waals surface area contributed by atoms with E-state index in [9.17, 15) is 4.79 Å². The second-order valence-corrected chi connectivity index (χ2v) is 5.85. The lowest BCUT2D eigenvalue weighted by atomic mass is 10.1. The smallest absolute Gasteiger partial charge is 0.230 e. The predicted molar refractivity (Wildman–Crippen MR) is 91.5 cm³/mol. The minimum absolute atomic E-state index is 0. The van der Waals surface area contributed by atoms with Crippen LogP contribution in [-0.4, -0.2) is 11.3 Å². The Bertz CT molecular complexity index is 573. The fourth-order valence-corrected chi connectivity index (χ4v) is 2.35. The summed E-state index contributed by atoms with van der Waals surface area (Å²) in [6.45, 7) is 1.90. The number of halogens is 3. The molecule has 3 nitrogen and oxygen atoms in total. The quantitative estimate of drug-likeness (QED) is 0.500. The van der Waals surface area contributed by atoms with Gasteiger partial charge in [0.1, 0.15) is 0 Å². The van der Waals surface area contributed by atoms with Crippen LogP contribution >= 0.6 is 48.8 Å². The summed E-state index contributed by atoms with van der Waals surface area (Å²) in [7, 11) is 0. The normalized spacial score (nSPS) is 10.9. The topological polar surface area (TPSA) is 52.5 Å². The Morgan fingerprint density at radius 3 is 2.25 bits per heavy atom. The van der Waals surface area contributed by atoms with Crippen LogP contribution < -0.4 is 4.57 Å². The number of ketones is 1. The summed E-state index contributed by atoms with van der Waals surface area (Å²) in [5, 5.41) is 0. The highest BCUT2D eigenvalue weighted by molar-refractivity contribution is 9.10. The Morgan fingerprint density at radius 2 is 1.70 bits per heavy atom. The van der Waals surface area contributed by atoms with Crippen molar-refractivity contribution in [3.63, 3.8) is 0 Å². The first-order valence-electron chi connectivity index (χ1n) is 5.54. The number of carbonyl (C=O) groups excluding carboxylic acids is 1. The van der Waals surface area contributed by atoms with Crippen molar-refractivity contribution in [3.8, 4) is 0 Å². The van der Waals surface area contributed by atoms with Crippen LogP contribution in [0.3, 0.4) is 0 Å². The average molecular weight is 469 g/mol. The van der Waals surface area contributed by atoms with Crippen molar-refractivity contribution in [1.82, 2.24) is 0 Å². The molecule has 1 aromatic heterocycles. The van der Waals surface area contributed by atoms with Crippen LogP contribution in [0.4, 0.5) is 0 Å². The molecular formula is C14H15Br3NO2+. The summed E-state index contributed by atoms with van der Waals surface area (Å²) < 4.78 is 3.83. The molecule has 2 aromatic rings. The third-order valence-electron chi connectivity index (χ3n) is 2.74. The zero-order valence-corrected chi connectivity index (χ0v) is 15.6. The first-order valence-corrected chi connectivity index (χ1v) is 7.12. The molecule has 1 heterocycles. The highest BCUT2D eigenvalue weighted by Gasteiger charge is 2.23. The van der Waals surface area contributed by atoms with Crippen LogP contribution in [0.1, 0.15) is 23.3 Å². The van der Waals surface area contributed by atoms with Gasteiger partial charge in [-0.3, -0.25) is 4.79 Å². The molecule has 0 saturated carbocycles. The maximum absolute atomic E-state index is 12.3. The molecule has 2 rings (SSSR count). The van der Waals surface area contributed by atoms with E-state index in [0.29, 0.717) is 0 Å². The van der Waals surface area contributed by atoms with Gasteiger partial charge >= 0.3 is 0 Å². The molecule has 0 spiro atoms. The van der Waals surface area contributed by atoms with Crippen molar-refractivity contribution >= 4 is 54.6 Å². The molecule has 6 heteroatoms. The van der Waals surface area contributed by atoms with Crippen LogP contribution in [0.15, 0.2) is 57.7 Å². The molecule has 108 valence electrons. The fourth-order valence-electron chi connectivity index (χ4n) is 1.69. The zero-order valence-electron chi connectivity index (χ0n) is 10.7. The van der Waals surface area contributed by atoms with Gasteiger partial charge in [0, 0.05) is 23.0 Å². The minimum atomic E-state index is -0.219. The summed E-state index contributed by atoms with van der Waals surface area (Å²) in [6.07, 6.45) is 3.80. The maximum Gasteiger partial charge on any atom is 0.230 e. The minimum Gasteiger partial charge on any atom is -0.412 e. The summed E-state index contributed by atoms with van der Waals surface area (Å²) >= 11 is 6.77. The summed E-state index contributed by atoms with van der Waals surface area (Å²) in [6, 6.07) is 11.1. The third kappa shape index (κ3) is 4.77. The number of aromatic nitrogens is 1. The predicted octanol–water partition coefficient (Wildman–Crippen LogP) is 3.70. The Morgan fingerprint density at radius 1 is 1.10 bits per heavy atom. The monoisotopic (exact) mass is 466 g/mol. The molecule has 0 aliphatic heterocycles. The van der Waals surface area contributed by atoms with E-state index in [1.807, 2.05) is 60.3 Å². The number of rotatable bonds is 3. The lowest BCUT2D eigenvalue weighted by Crippen LogP contribution is -2.41. The standard InChI is InChI=1S/C14H12Br2NO.BrH.H2O/c1-10(17-8-2-3-13(16)9-17)14(18)11-4-6-12(15)7-5-11;;/h2-10H,1H3;1H;1H2/q+1;;. The second-order valence-electron chi connectivity index (χ2n) is 4.02. The molecule has 0 aliphatic carbocycles. The zero-order chi connectivity index (χ0) is 13.1. The maximum atomic E-state index is 12.3. The van der Waals surface area contributed by atoms with Crippen LogP contribution in [0.2, 0.25) is 0 Å². The SMILES string of the molecule is Br.CC(C(=O)c1ccc(Br)cc1)[n+]1cccc(Br)c1.O. The highest BCUT2D eigenvalue weighted by atomic mass is 79.9. The van der Waals surface area contributed by atoms with E-state index in [0.717, 1.165) is 14.5 Å².